The van der Waals surface area contributed by atoms with Crippen molar-refractivity contribution in [1.29, 1.82) is 5.26 Å². The molecule has 1 aromatic heterocycles. The first kappa shape index (κ1) is 14.3. The Morgan fingerprint density at radius 3 is 2.05 bits per heavy atom. The van der Waals surface area contributed by atoms with Gasteiger partial charge in [-0.1, -0.05) is 36.4 Å². The van der Waals surface area contributed by atoms with Gasteiger partial charge in [0, 0.05) is 12.4 Å². The van der Waals surface area contributed by atoms with Gasteiger partial charge >= 0.3 is 0 Å². The number of pyridine rings is 1. The Balaban J connectivity index is 0.000000161. The molecule has 0 fully saturated rings. The first-order valence-corrected chi connectivity index (χ1v) is 6.44. The highest BCUT2D eigenvalue weighted by atomic mass is 16.3. The number of rotatable bonds is 1. The van der Waals surface area contributed by atoms with Crippen LogP contribution >= 0.6 is 0 Å². The molecule has 21 heavy (non-hydrogen) atoms. The second-order valence-corrected chi connectivity index (χ2v) is 4.26. The maximum atomic E-state index is 8.79. The van der Waals surface area contributed by atoms with Crippen LogP contribution in [0.3, 0.4) is 0 Å². The molecule has 1 heterocycles. The zero-order valence-electron chi connectivity index (χ0n) is 11.3. The Kier molecular flexibility index (Phi) is 5.08. The highest BCUT2D eigenvalue weighted by Gasteiger charge is 1.92. The zero-order valence-corrected chi connectivity index (χ0v) is 11.3. The van der Waals surface area contributed by atoms with Gasteiger partial charge < -0.3 is 5.11 Å². The summed E-state index contributed by atoms with van der Waals surface area (Å²) in [5.41, 5.74) is 2.93. The molecule has 2 aromatic carbocycles. The first-order valence-electron chi connectivity index (χ1n) is 6.44. The molecule has 1 N–H and O–H groups in total. The van der Waals surface area contributed by atoms with Gasteiger partial charge in [-0.15, -0.1) is 0 Å². The summed E-state index contributed by atoms with van der Waals surface area (Å²) in [7, 11) is 0. The lowest BCUT2D eigenvalue weighted by Gasteiger charge is -1.98. The molecule has 0 saturated carbocycles. The highest BCUT2D eigenvalue weighted by molar-refractivity contribution is 5.62. The van der Waals surface area contributed by atoms with E-state index >= 15 is 0 Å². The van der Waals surface area contributed by atoms with Crippen LogP contribution in [-0.2, 0) is 0 Å². The van der Waals surface area contributed by atoms with E-state index in [-0.39, 0.29) is 5.75 Å². The second-order valence-electron chi connectivity index (χ2n) is 4.26. The van der Waals surface area contributed by atoms with Crippen LogP contribution in [0.15, 0.2) is 79.1 Å². The summed E-state index contributed by atoms with van der Waals surface area (Å²) < 4.78 is 0. The van der Waals surface area contributed by atoms with E-state index in [0.29, 0.717) is 5.56 Å². The third-order valence-electron chi connectivity index (χ3n) is 2.76. The Morgan fingerprint density at radius 1 is 0.810 bits per heavy atom. The lowest BCUT2D eigenvalue weighted by Crippen LogP contribution is -1.76. The standard InChI is InChI=1S/C11H9N.C7H5NO/c1-2-4-10(5-3-1)11-6-8-12-9-7-11;8-5-6-2-1-3-7(9)4-6/h1-9H;1-4,9H. The molecule has 3 rings (SSSR count). The monoisotopic (exact) mass is 274 g/mol. The third-order valence-corrected chi connectivity index (χ3v) is 2.76. The third kappa shape index (κ3) is 4.48. The number of phenolic OH excluding ortho intramolecular Hbond substituents is 1. The molecule has 0 atom stereocenters. The van der Waals surface area contributed by atoms with Gasteiger partial charge in [0.15, 0.2) is 0 Å². The molecule has 3 aromatic rings. The van der Waals surface area contributed by atoms with E-state index in [2.05, 4.69) is 17.1 Å². The molecule has 0 amide bonds. The van der Waals surface area contributed by atoms with E-state index < -0.39 is 0 Å². The van der Waals surface area contributed by atoms with Crippen LogP contribution in [0.4, 0.5) is 0 Å². The summed E-state index contributed by atoms with van der Waals surface area (Å²) in [5, 5.41) is 17.1. The topological polar surface area (TPSA) is 56.9 Å². The second kappa shape index (κ2) is 7.46. The molecular formula is C18H14N2O. The number of nitriles is 1. The van der Waals surface area contributed by atoms with Crippen molar-refractivity contribution in [3.63, 3.8) is 0 Å². The minimum Gasteiger partial charge on any atom is -0.508 e. The summed E-state index contributed by atoms with van der Waals surface area (Å²) in [6.07, 6.45) is 3.62. The Bertz CT molecular complexity index is 681. The minimum absolute atomic E-state index is 0.133. The number of phenols is 1. The van der Waals surface area contributed by atoms with Gasteiger partial charge in [0.05, 0.1) is 11.6 Å². The van der Waals surface area contributed by atoms with Gasteiger partial charge in [0.25, 0.3) is 0 Å². The van der Waals surface area contributed by atoms with Crippen LogP contribution in [0.1, 0.15) is 5.56 Å². The van der Waals surface area contributed by atoms with Crippen molar-refractivity contribution < 1.29 is 5.11 Å². The van der Waals surface area contributed by atoms with Gasteiger partial charge in [-0.3, -0.25) is 4.98 Å². The van der Waals surface area contributed by atoms with Crippen molar-refractivity contribution in [3.8, 4) is 22.9 Å². The van der Waals surface area contributed by atoms with E-state index in [1.54, 1.807) is 12.1 Å². The Morgan fingerprint density at radius 2 is 1.48 bits per heavy atom. The van der Waals surface area contributed by atoms with Crippen LogP contribution in [0, 0.1) is 11.3 Å². The quantitative estimate of drug-likeness (QED) is 0.729. The van der Waals surface area contributed by atoms with Gasteiger partial charge in [-0.05, 0) is 41.5 Å². The summed E-state index contributed by atoms with van der Waals surface area (Å²) in [6, 6.07) is 22.4. The molecule has 3 nitrogen and oxygen atoms in total. The lowest BCUT2D eigenvalue weighted by molar-refractivity contribution is 0.475. The van der Waals surface area contributed by atoms with Crippen molar-refractivity contribution in [1.82, 2.24) is 4.98 Å². The van der Waals surface area contributed by atoms with Crippen LogP contribution in [0.2, 0.25) is 0 Å². The lowest BCUT2D eigenvalue weighted by atomic mass is 10.1. The summed E-state index contributed by atoms with van der Waals surface area (Å²) in [5.74, 6) is 0.133. The van der Waals surface area contributed by atoms with Gasteiger partial charge in [-0.2, -0.15) is 5.26 Å². The SMILES string of the molecule is N#Cc1cccc(O)c1.c1ccc(-c2ccncc2)cc1. The average Bonchev–Trinajstić information content (AvgIpc) is 2.57. The van der Waals surface area contributed by atoms with Crippen LogP contribution < -0.4 is 0 Å². The summed E-state index contributed by atoms with van der Waals surface area (Å²) in [4.78, 5) is 3.97. The van der Waals surface area contributed by atoms with Crippen molar-refractivity contribution in [3.05, 3.63) is 84.7 Å². The summed E-state index contributed by atoms with van der Waals surface area (Å²) >= 11 is 0. The van der Waals surface area contributed by atoms with E-state index in [4.69, 9.17) is 10.4 Å². The smallest absolute Gasteiger partial charge is 0.116 e. The van der Waals surface area contributed by atoms with E-state index in [9.17, 15) is 0 Å². The number of hydrogen-bond donors (Lipinski definition) is 1. The summed E-state index contributed by atoms with van der Waals surface area (Å²) in [6.45, 7) is 0. The van der Waals surface area contributed by atoms with Crippen molar-refractivity contribution >= 4 is 0 Å². The molecule has 0 radical (unpaired) electrons. The predicted octanol–water partition coefficient (Wildman–Crippen LogP) is 4.01. The largest absolute Gasteiger partial charge is 0.508 e. The number of aromatic nitrogens is 1. The van der Waals surface area contributed by atoms with Crippen molar-refractivity contribution in [2.24, 2.45) is 0 Å². The molecule has 0 saturated heterocycles. The normalized spacial score (nSPS) is 9.10. The average molecular weight is 274 g/mol. The van der Waals surface area contributed by atoms with Crippen LogP contribution in [-0.4, -0.2) is 10.1 Å². The minimum atomic E-state index is 0.133. The molecule has 0 bridgehead atoms. The number of nitrogens with zero attached hydrogens (tertiary/aromatic N) is 2. The fourth-order valence-electron chi connectivity index (χ4n) is 1.75. The first-order chi connectivity index (χ1) is 10.3. The molecule has 3 heteroatoms. The predicted molar refractivity (Wildman–Crippen MR) is 82.5 cm³/mol. The highest BCUT2D eigenvalue weighted by Crippen LogP contribution is 2.16. The maximum absolute atomic E-state index is 8.79. The van der Waals surface area contributed by atoms with Crippen LogP contribution in [0.25, 0.3) is 11.1 Å². The van der Waals surface area contributed by atoms with Crippen LogP contribution in [0.5, 0.6) is 5.75 Å². The van der Waals surface area contributed by atoms with Gasteiger partial charge in [-0.25, -0.2) is 0 Å². The fourth-order valence-corrected chi connectivity index (χ4v) is 1.75. The van der Waals surface area contributed by atoms with Gasteiger partial charge in [0.2, 0.25) is 0 Å². The molecule has 0 unspecified atom stereocenters. The van der Waals surface area contributed by atoms with Crippen molar-refractivity contribution in [2.45, 2.75) is 0 Å². The molecule has 0 aliphatic heterocycles. The zero-order chi connectivity index (χ0) is 14.9. The maximum Gasteiger partial charge on any atom is 0.116 e. The van der Waals surface area contributed by atoms with Gasteiger partial charge in [0.1, 0.15) is 5.75 Å². The number of aromatic hydroxyl groups is 1. The van der Waals surface area contributed by atoms with E-state index in [0.717, 1.165) is 0 Å². The fraction of sp³-hybridized carbons (Fsp3) is 0. The molecular weight excluding hydrogens is 260 g/mol. The van der Waals surface area contributed by atoms with E-state index in [1.807, 2.05) is 48.8 Å². The number of benzene rings is 2. The Labute approximate surface area is 123 Å². The van der Waals surface area contributed by atoms with E-state index in [1.165, 1.54) is 23.3 Å². The molecule has 0 aliphatic rings. The van der Waals surface area contributed by atoms with Crippen molar-refractivity contribution in [2.75, 3.05) is 0 Å². The molecule has 102 valence electrons. The Hall–Kier alpha value is -3.12. The molecule has 0 spiro atoms. The molecule has 0 aliphatic carbocycles. The number of hydrogen-bond acceptors (Lipinski definition) is 3.